The molecule has 0 amide bonds. The Hall–Kier alpha value is -4.52. The van der Waals surface area contributed by atoms with Crippen LogP contribution in [-0.4, -0.2) is 0 Å². The number of benzene rings is 6. The maximum Gasteiger partial charge on any atom is 0.179 e. The van der Waals surface area contributed by atoms with Crippen LogP contribution < -0.4 is 0 Å². The van der Waals surface area contributed by atoms with E-state index in [0.29, 0.717) is 22.3 Å². The second-order valence-corrected chi connectivity index (χ2v) is 12.6. The van der Waals surface area contributed by atoms with Gasteiger partial charge in [0, 0.05) is 8.95 Å². The lowest BCUT2D eigenvalue weighted by atomic mass is 9.60. The van der Waals surface area contributed by atoms with Crippen LogP contribution in [0.1, 0.15) is 33.4 Å². The van der Waals surface area contributed by atoms with Crippen LogP contribution in [0.4, 0.5) is 0 Å². The first-order chi connectivity index (χ1) is 21.5. The van der Waals surface area contributed by atoms with Crippen molar-refractivity contribution in [3.63, 3.8) is 0 Å². The Morgan fingerprint density at radius 3 is 1.14 bits per heavy atom. The second-order valence-electron chi connectivity index (χ2n) is 10.8. The monoisotopic (exact) mass is 698 g/mol. The molecule has 0 spiro atoms. The molecule has 7 rings (SSSR count). The van der Waals surface area contributed by atoms with Crippen molar-refractivity contribution in [1.82, 2.24) is 0 Å². The first-order valence-electron chi connectivity index (χ1n) is 14.1. The lowest BCUT2D eigenvalue weighted by molar-refractivity contribution is 0.533. The highest BCUT2D eigenvalue weighted by molar-refractivity contribution is 9.10. The number of nitroso groups, excluding NO2 is 2. The number of hydrogen-bond acceptors (Lipinski definition) is 4. The van der Waals surface area contributed by atoms with E-state index in [0.717, 1.165) is 42.3 Å². The van der Waals surface area contributed by atoms with Gasteiger partial charge < -0.3 is 0 Å². The molecule has 6 aromatic rings. The fourth-order valence-corrected chi connectivity index (χ4v) is 7.49. The zero-order chi connectivity index (χ0) is 30.3. The Kier molecular flexibility index (Phi) is 7.19. The minimum atomic E-state index is -1.49. The number of fused-ring (bicyclic) bond motifs is 2. The minimum absolute atomic E-state index is 0.600. The minimum Gasteiger partial charge on any atom is -0.149 e. The molecule has 0 aliphatic heterocycles. The van der Waals surface area contributed by atoms with Crippen LogP contribution in [0.3, 0.4) is 0 Å². The Morgan fingerprint density at radius 1 is 0.386 bits per heavy atom. The van der Waals surface area contributed by atoms with Crippen LogP contribution in [0.5, 0.6) is 0 Å². The topological polar surface area (TPSA) is 58.9 Å². The normalized spacial score (nSPS) is 18.6. The van der Waals surface area contributed by atoms with Gasteiger partial charge in [-0.05, 0) is 90.3 Å². The summed E-state index contributed by atoms with van der Waals surface area (Å²) >= 11 is 7.33. The SMILES string of the molecule is O=NC1(c2ccccc2-c2ccccc2)c2ccc(Br)cc2C(N=O)(c2ccccc2-c2ccccc2)c2ccc(Br)cc21. The summed E-state index contributed by atoms with van der Waals surface area (Å²) < 4.78 is 1.52. The lowest BCUT2D eigenvalue weighted by Gasteiger charge is -2.44. The summed E-state index contributed by atoms with van der Waals surface area (Å²) in [4.78, 5) is 27.5. The van der Waals surface area contributed by atoms with Gasteiger partial charge in [0.1, 0.15) is 0 Å². The molecule has 4 nitrogen and oxygen atoms in total. The third-order valence-electron chi connectivity index (χ3n) is 8.60. The van der Waals surface area contributed by atoms with E-state index in [4.69, 9.17) is 0 Å². The third-order valence-corrected chi connectivity index (χ3v) is 9.59. The van der Waals surface area contributed by atoms with Crippen molar-refractivity contribution in [3.05, 3.63) is 198 Å². The van der Waals surface area contributed by atoms with E-state index in [-0.39, 0.29) is 0 Å². The molecule has 0 radical (unpaired) electrons. The quantitative estimate of drug-likeness (QED) is 0.162. The predicted molar refractivity (Wildman–Crippen MR) is 183 cm³/mol. The van der Waals surface area contributed by atoms with Crippen molar-refractivity contribution in [1.29, 1.82) is 0 Å². The molecule has 6 aromatic carbocycles. The van der Waals surface area contributed by atoms with E-state index in [1.807, 2.05) is 146 Å². The molecule has 0 bridgehead atoms. The number of hydrogen-bond donors (Lipinski definition) is 0. The Labute approximate surface area is 272 Å². The highest BCUT2D eigenvalue weighted by atomic mass is 79.9. The average Bonchev–Trinajstić information content (AvgIpc) is 3.08. The van der Waals surface area contributed by atoms with Gasteiger partial charge in [0.25, 0.3) is 0 Å². The van der Waals surface area contributed by atoms with Crippen LogP contribution in [0.25, 0.3) is 22.3 Å². The summed E-state index contributed by atoms with van der Waals surface area (Å²) in [5, 5.41) is 8.07. The third kappa shape index (κ3) is 4.16. The van der Waals surface area contributed by atoms with Crippen molar-refractivity contribution in [2.24, 2.45) is 10.4 Å². The molecule has 212 valence electrons. The number of halogens is 2. The molecule has 6 heteroatoms. The molecule has 0 aromatic heterocycles. The maximum atomic E-state index is 13.7. The largest absolute Gasteiger partial charge is 0.179 e. The summed E-state index contributed by atoms with van der Waals surface area (Å²) in [6.45, 7) is 0. The second kappa shape index (κ2) is 11.2. The van der Waals surface area contributed by atoms with Gasteiger partial charge >= 0.3 is 0 Å². The van der Waals surface area contributed by atoms with Crippen LogP contribution >= 0.6 is 31.9 Å². The van der Waals surface area contributed by atoms with E-state index in [1.54, 1.807) is 0 Å². The van der Waals surface area contributed by atoms with Gasteiger partial charge in [0.05, 0.1) is 0 Å². The van der Waals surface area contributed by atoms with Gasteiger partial charge in [-0.2, -0.15) is 0 Å². The van der Waals surface area contributed by atoms with Gasteiger partial charge in [-0.25, -0.2) is 0 Å². The zero-order valence-corrected chi connectivity index (χ0v) is 26.5. The van der Waals surface area contributed by atoms with Crippen LogP contribution in [0.2, 0.25) is 0 Å². The van der Waals surface area contributed by atoms with Crippen LogP contribution in [-0.2, 0) is 11.1 Å². The lowest BCUT2D eigenvalue weighted by Crippen LogP contribution is -2.42. The first-order valence-corrected chi connectivity index (χ1v) is 15.7. The summed E-state index contributed by atoms with van der Waals surface area (Å²) in [6, 6.07) is 47.1. The fourth-order valence-electron chi connectivity index (χ4n) is 6.76. The van der Waals surface area contributed by atoms with E-state index in [2.05, 4.69) is 42.2 Å². The Morgan fingerprint density at radius 2 is 0.750 bits per heavy atom. The Bertz CT molecular complexity index is 1900. The molecule has 0 saturated carbocycles. The van der Waals surface area contributed by atoms with Crippen molar-refractivity contribution in [2.75, 3.05) is 0 Å². The van der Waals surface area contributed by atoms with Crippen molar-refractivity contribution >= 4 is 31.9 Å². The predicted octanol–water partition coefficient (Wildman–Crippen LogP) is 11.0. The highest BCUT2D eigenvalue weighted by Gasteiger charge is 2.56. The smallest absolute Gasteiger partial charge is 0.149 e. The highest BCUT2D eigenvalue weighted by Crippen LogP contribution is 2.59. The van der Waals surface area contributed by atoms with Gasteiger partial charge in [-0.3, -0.25) is 0 Å². The van der Waals surface area contributed by atoms with Crippen molar-refractivity contribution in [3.8, 4) is 22.3 Å². The van der Waals surface area contributed by atoms with Gasteiger partial charge in [0.2, 0.25) is 0 Å². The molecule has 2 unspecified atom stereocenters. The maximum absolute atomic E-state index is 13.7. The summed E-state index contributed by atoms with van der Waals surface area (Å²) in [7, 11) is 0. The Balaban J connectivity index is 1.65. The van der Waals surface area contributed by atoms with E-state index in [1.165, 1.54) is 0 Å². The standard InChI is InChI=1S/C38H24Br2N2O2/c39-27-20-22-34-35(23-27)37(41-43,31-17-9-7-15-29(31)25-11-3-1-4-12-25)33-21-19-28(40)24-36(33)38(34,42-44)32-18-10-8-16-30(32)26-13-5-2-6-14-26/h1-24H. The molecule has 1 aliphatic rings. The molecule has 0 heterocycles. The fraction of sp³-hybridized carbons (Fsp3) is 0.0526. The van der Waals surface area contributed by atoms with Crippen molar-refractivity contribution < 1.29 is 0 Å². The molecule has 0 saturated heterocycles. The number of rotatable bonds is 6. The van der Waals surface area contributed by atoms with Crippen LogP contribution in [0, 0.1) is 9.81 Å². The number of nitrogens with zero attached hydrogens (tertiary/aromatic N) is 2. The van der Waals surface area contributed by atoms with Crippen molar-refractivity contribution in [2.45, 2.75) is 11.1 Å². The van der Waals surface area contributed by atoms with E-state index in [9.17, 15) is 9.81 Å². The molecule has 44 heavy (non-hydrogen) atoms. The van der Waals surface area contributed by atoms with Crippen LogP contribution in [0.15, 0.2) is 165 Å². The van der Waals surface area contributed by atoms with Gasteiger partial charge in [-0.1, -0.05) is 153 Å². The first kappa shape index (κ1) is 28.3. The van der Waals surface area contributed by atoms with Gasteiger partial charge in [0.15, 0.2) is 11.1 Å². The summed E-state index contributed by atoms with van der Waals surface area (Å²) in [5.74, 6) is 0. The average molecular weight is 700 g/mol. The summed E-state index contributed by atoms with van der Waals surface area (Å²) in [6.07, 6.45) is 0. The molecule has 1 aliphatic carbocycles. The molecule has 0 fully saturated rings. The van der Waals surface area contributed by atoms with E-state index >= 15 is 0 Å². The zero-order valence-electron chi connectivity index (χ0n) is 23.3. The molecule has 2 atom stereocenters. The van der Waals surface area contributed by atoms with E-state index < -0.39 is 11.1 Å². The molecular formula is C38H24Br2N2O2. The molecule has 0 N–H and O–H groups in total. The molecular weight excluding hydrogens is 676 g/mol. The summed E-state index contributed by atoms with van der Waals surface area (Å²) in [5.41, 5.74) is 4.55. The van der Waals surface area contributed by atoms with Gasteiger partial charge in [-0.15, -0.1) is 9.81 Å².